The van der Waals surface area contributed by atoms with E-state index in [0.29, 0.717) is 12.2 Å². The van der Waals surface area contributed by atoms with E-state index in [-0.39, 0.29) is 0 Å². The van der Waals surface area contributed by atoms with Crippen LogP contribution in [0.15, 0.2) is 66.7 Å². The highest BCUT2D eigenvalue weighted by atomic mass is 35.5. The molecule has 2 aromatic rings. The predicted molar refractivity (Wildman–Crippen MR) is 97.5 cm³/mol. The van der Waals surface area contributed by atoms with Gasteiger partial charge in [0, 0.05) is 22.7 Å². The van der Waals surface area contributed by atoms with Crippen LogP contribution >= 0.6 is 11.6 Å². The van der Waals surface area contributed by atoms with Crippen molar-refractivity contribution in [2.75, 3.05) is 0 Å². The Morgan fingerprint density at radius 1 is 1.00 bits per heavy atom. The third-order valence-electron chi connectivity index (χ3n) is 3.32. The summed E-state index contributed by atoms with van der Waals surface area (Å²) in [7, 11) is 0. The molecule has 4 N–H and O–H groups in total. The molecular formula is C19H20ClNO4. The van der Waals surface area contributed by atoms with Crippen LogP contribution in [0.1, 0.15) is 18.1 Å². The van der Waals surface area contributed by atoms with Crippen LogP contribution in [0.4, 0.5) is 0 Å². The van der Waals surface area contributed by atoms with Gasteiger partial charge in [-0.05, 0) is 30.5 Å². The number of hydrogen-bond acceptors (Lipinski definition) is 3. The van der Waals surface area contributed by atoms with Gasteiger partial charge in [0.1, 0.15) is 0 Å². The lowest BCUT2D eigenvalue weighted by Gasteiger charge is -2.25. The minimum atomic E-state index is -1.26. The molecule has 0 bridgehead atoms. The molecule has 0 aliphatic carbocycles. The molecule has 132 valence electrons. The minimum absolute atomic E-state index is 0.397. The second-order valence-corrected chi connectivity index (χ2v) is 5.97. The predicted octanol–water partition coefficient (Wildman–Crippen LogP) is 3.47. The van der Waals surface area contributed by atoms with Gasteiger partial charge in [0.2, 0.25) is 0 Å². The molecule has 1 unspecified atom stereocenters. The van der Waals surface area contributed by atoms with Crippen LogP contribution in [0.2, 0.25) is 5.02 Å². The van der Waals surface area contributed by atoms with E-state index in [1.165, 1.54) is 0 Å². The largest absolute Gasteiger partial charge is 0.478 e. The number of halogens is 1. The Labute approximate surface area is 151 Å². The standard InChI is InChI=1S/C15H16ClN.C4H4O4/c1-15(17,13-8-3-2-4-9-13)11-12-7-5-6-10-14(12)16;5-3(6)1-2-4(7)8/h2-10H,11,17H2,1H3;1-2H,(H,5,6)(H,7,8)/b;2-1-. The molecule has 6 heteroatoms. The van der Waals surface area contributed by atoms with E-state index in [4.69, 9.17) is 27.5 Å². The molecule has 1 atom stereocenters. The summed E-state index contributed by atoms with van der Waals surface area (Å²) < 4.78 is 0. The maximum Gasteiger partial charge on any atom is 0.328 e. The van der Waals surface area contributed by atoms with Crippen LogP contribution in [0.25, 0.3) is 0 Å². The van der Waals surface area contributed by atoms with Crippen molar-refractivity contribution in [3.63, 3.8) is 0 Å². The van der Waals surface area contributed by atoms with E-state index >= 15 is 0 Å². The van der Waals surface area contributed by atoms with Crippen molar-refractivity contribution >= 4 is 23.5 Å². The van der Waals surface area contributed by atoms with Gasteiger partial charge in [0.15, 0.2) is 0 Å². The molecule has 0 saturated heterocycles. The minimum Gasteiger partial charge on any atom is -0.478 e. The molecule has 2 aromatic carbocycles. The maximum absolute atomic E-state index is 9.55. The number of benzene rings is 2. The monoisotopic (exact) mass is 361 g/mol. The highest BCUT2D eigenvalue weighted by Crippen LogP contribution is 2.26. The van der Waals surface area contributed by atoms with Gasteiger partial charge in [-0.15, -0.1) is 0 Å². The smallest absolute Gasteiger partial charge is 0.328 e. The fourth-order valence-corrected chi connectivity index (χ4v) is 2.30. The Morgan fingerprint density at radius 3 is 1.96 bits per heavy atom. The zero-order valence-corrected chi connectivity index (χ0v) is 14.5. The number of carboxylic acid groups (broad SMARTS) is 2. The van der Waals surface area contributed by atoms with Gasteiger partial charge >= 0.3 is 11.9 Å². The summed E-state index contributed by atoms with van der Waals surface area (Å²) >= 11 is 6.16. The first-order chi connectivity index (χ1) is 11.7. The van der Waals surface area contributed by atoms with E-state index in [0.717, 1.165) is 22.6 Å². The van der Waals surface area contributed by atoms with Crippen LogP contribution in [0.5, 0.6) is 0 Å². The third-order valence-corrected chi connectivity index (χ3v) is 3.69. The third kappa shape index (κ3) is 7.65. The van der Waals surface area contributed by atoms with E-state index < -0.39 is 17.5 Å². The summed E-state index contributed by atoms with van der Waals surface area (Å²) in [6.07, 6.45) is 1.85. The molecule has 0 heterocycles. The van der Waals surface area contributed by atoms with Gasteiger partial charge in [-0.3, -0.25) is 0 Å². The van der Waals surface area contributed by atoms with Gasteiger partial charge in [0.25, 0.3) is 0 Å². The number of carboxylic acids is 2. The highest BCUT2D eigenvalue weighted by Gasteiger charge is 2.22. The van der Waals surface area contributed by atoms with Gasteiger partial charge in [-0.25, -0.2) is 9.59 Å². The average molecular weight is 362 g/mol. The molecule has 0 aliphatic rings. The van der Waals surface area contributed by atoms with Crippen LogP contribution in [-0.4, -0.2) is 22.2 Å². The summed E-state index contributed by atoms with van der Waals surface area (Å²) in [5, 5.41) is 16.4. The average Bonchev–Trinajstić information content (AvgIpc) is 2.56. The summed E-state index contributed by atoms with van der Waals surface area (Å²) in [6.45, 7) is 2.03. The summed E-state index contributed by atoms with van der Waals surface area (Å²) in [6, 6.07) is 18.0. The van der Waals surface area contributed by atoms with E-state index in [2.05, 4.69) is 12.1 Å². The van der Waals surface area contributed by atoms with Gasteiger partial charge in [-0.2, -0.15) is 0 Å². The van der Waals surface area contributed by atoms with E-state index in [1.807, 2.05) is 49.4 Å². The van der Waals surface area contributed by atoms with E-state index in [9.17, 15) is 9.59 Å². The Bertz CT molecular complexity index is 726. The summed E-state index contributed by atoms with van der Waals surface area (Å²) in [5.41, 5.74) is 8.19. The molecule has 5 nitrogen and oxygen atoms in total. The van der Waals surface area contributed by atoms with Crippen molar-refractivity contribution in [2.24, 2.45) is 5.73 Å². The fourth-order valence-electron chi connectivity index (χ4n) is 2.10. The first kappa shape index (κ1) is 20.4. The highest BCUT2D eigenvalue weighted by molar-refractivity contribution is 6.31. The number of carbonyl (C=O) groups is 2. The molecule has 0 fully saturated rings. The number of hydrogen-bond donors (Lipinski definition) is 3. The molecular weight excluding hydrogens is 342 g/mol. The molecule has 2 rings (SSSR count). The quantitative estimate of drug-likeness (QED) is 0.708. The summed E-state index contributed by atoms with van der Waals surface area (Å²) in [5.74, 6) is -2.51. The Balaban J connectivity index is 0.000000333. The topological polar surface area (TPSA) is 101 Å². The molecule has 0 amide bonds. The fraction of sp³-hybridized carbons (Fsp3) is 0.158. The number of nitrogens with two attached hydrogens (primary N) is 1. The van der Waals surface area contributed by atoms with Crippen LogP contribution in [0, 0.1) is 0 Å². The SMILES string of the molecule is CC(N)(Cc1ccccc1Cl)c1ccccc1.O=C(O)/C=C\C(=O)O. The van der Waals surface area contributed by atoms with Crippen LogP contribution in [0.3, 0.4) is 0 Å². The second kappa shape index (κ2) is 9.61. The summed E-state index contributed by atoms with van der Waals surface area (Å²) in [4.78, 5) is 19.1. The Kier molecular flexibility index (Phi) is 7.85. The lowest BCUT2D eigenvalue weighted by Crippen LogP contribution is -2.35. The molecule has 0 aromatic heterocycles. The number of aliphatic carboxylic acids is 2. The van der Waals surface area contributed by atoms with Crippen molar-refractivity contribution < 1.29 is 19.8 Å². The molecule has 0 aliphatic heterocycles. The number of rotatable bonds is 5. The van der Waals surface area contributed by atoms with Crippen molar-refractivity contribution in [1.82, 2.24) is 0 Å². The first-order valence-electron chi connectivity index (χ1n) is 7.44. The Morgan fingerprint density at radius 2 is 1.48 bits per heavy atom. The lowest BCUT2D eigenvalue weighted by molar-refractivity contribution is -0.134. The van der Waals surface area contributed by atoms with E-state index in [1.54, 1.807) is 0 Å². The van der Waals surface area contributed by atoms with Gasteiger partial charge in [0.05, 0.1) is 0 Å². The molecule has 0 radical (unpaired) electrons. The zero-order valence-electron chi connectivity index (χ0n) is 13.7. The first-order valence-corrected chi connectivity index (χ1v) is 7.82. The maximum atomic E-state index is 9.55. The lowest BCUT2D eigenvalue weighted by atomic mass is 9.87. The van der Waals surface area contributed by atoms with Crippen molar-refractivity contribution in [3.05, 3.63) is 82.9 Å². The van der Waals surface area contributed by atoms with Gasteiger partial charge in [-0.1, -0.05) is 60.1 Å². The second-order valence-electron chi connectivity index (χ2n) is 5.56. The van der Waals surface area contributed by atoms with Crippen molar-refractivity contribution in [1.29, 1.82) is 0 Å². The molecule has 25 heavy (non-hydrogen) atoms. The van der Waals surface area contributed by atoms with Crippen molar-refractivity contribution in [2.45, 2.75) is 18.9 Å². The van der Waals surface area contributed by atoms with Crippen LogP contribution in [-0.2, 0) is 21.5 Å². The van der Waals surface area contributed by atoms with Crippen molar-refractivity contribution in [3.8, 4) is 0 Å². The molecule has 0 saturated carbocycles. The molecule has 0 spiro atoms. The normalized spacial score (nSPS) is 12.8. The Hall–Kier alpha value is -2.63. The van der Waals surface area contributed by atoms with Gasteiger partial charge < -0.3 is 15.9 Å². The van der Waals surface area contributed by atoms with Crippen LogP contribution < -0.4 is 5.73 Å². The zero-order chi connectivity index (χ0) is 18.9.